The number of hydrogen-bond acceptors (Lipinski definition) is 4. The first-order valence-electron chi connectivity index (χ1n) is 6.06. The summed E-state index contributed by atoms with van der Waals surface area (Å²) in [5.74, 6) is 0.340. The Balaban J connectivity index is 1.99. The van der Waals surface area contributed by atoms with E-state index < -0.39 is 11.5 Å². The summed E-state index contributed by atoms with van der Waals surface area (Å²) in [6.45, 7) is -2.74. The molecule has 8 heteroatoms. The summed E-state index contributed by atoms with van der Waals surface area (Å²) >= 11 is 5.89. The van der Waals surface area contributed by atoms with Crippen LogP contribution < -0.4 is 9.47 Å². The van der Waals surface area contributed by atoms with Crippen molar-refractivity contribution in [1.29, 1.82) is 0 Å². The van der Waals surface area contributed by atoms with Gasteiger partial charge in [0, 0.05) is 12.1 Å². The number of alkyl halides is 2. The molecule has 0 N–H and O–H groups in total. The van der Waals surface area contributed by atoms with Crippen molar-refractivity contribution in [3.05, 3.63) is 63.2 Å². The van der Waals surface area contributed by atoms with Crippen LogP contribution in [0.25, 0.3) is 0 Å². The second-order valence-electron chi connectivity index (χ2n) is 4.18. The Morgan fingerprint density at radius 2 is 1.86 bits per heavy atom. The first-order valence-corrected chi connectivity index (χ1v) is 6.44. The van der Waals surface area contributed by atoms with Crippen LogP contribution in [-0.4, -0.2) is 11.5 Å². The molecule has 0 radical (unpaired) electrons. The molecule has 0 fully saturated rings. The molecular formula is C14H10ClF2NO4. The number of halogens is 3. The molecule has 0 bridgehead atoms. The molecule has 2 aromatic carbocycles. The molecule has 5 nitrogen and oxygen atoms in total. The minimum absolute atomic E-state index is 0.0483. The molecule has 0 atom stereocenters. The highest BCUT2D eigenvalue weighted by molar-refractivity contribution is 6.32. The number of hydrogen-bond donors (Lipinski definition) is 0. The van der Waals surface area contributed by atoms with Crippen molar-refractivity contribution in [3.63, 3.8) is 0 Å². The lowest BCUT2D eigenvalue weighted by Gasteiger charge is -2.09. The molecule has 0 amide bonds. The van der Waals surface area contributed by atoms with E-state index in [0.717, 1.165) is 0 Å². The van der Waals surface area contributed by atoms with Gasteiger partial charge in [-0.15, -0.1) is 0 Å². The Morgan fingerprint density at radius 1 is 1.18 bits per heavy atom. The van der Waals surface area contributed by atoms with Gasteiger partial charge in [0.05, 0.1) is 9.95 Å². The zero-order chi connectivity index (χ0) is 16.1. The molecule has 0 aliphatic heterocycles. The van der Waals surface area contributed by atoms with E-state index in [1.54, 1.807) is 12.1 Å². The maximum atomic E-state index is 12.0. The maximum Gasteiger partial charge on any atom is 0.387 e. The number of nitro groups is 1. The van der Waals surface area contributed by atoms with Crippen LogP contribution in [0.1, 0.15) is 5.56 Å². The van der Waals surface area contributed by atoms with Gasteiger partial charge in [-0.05, 0) is 23.8 Å². The predicted octanol–water partition coefficient (Wildman–Crippen LogP) is 4.43. The van der Waals surface area contributed by atoms with E-state index in [9.17, 15) is 18.9 Å². The van der Waals surface area contributed by atoms with Crippen LogP contribution in [0.2, 0.25) is 5.02 Å². The fraction of sp³-hybridized carbons (Fsp3) is 0.143. The Morgan fingerprint density at radius 3 is 2.41 bits per heavy atom. The molecular weight excluding hydrogens is 320 g/mol. The largest absolute Gasteiger partial charge is 0.487 e. The van der Waals surface area contributed by atoms with Crippen molar-refractivity contribution >= 4 is 17.3 Å². The smallest absolute Gasteiger partial charge is 0.387 e. The summed E-state index contributed by atoms with van der Waals surface area (Å²) in [4.78, 5) is 10.0. The minimum Gasteiger partial charge on any atom is -0.487 e. The van der Waals surface area contributed by atoms with Crippen molar-refractivity contribution in [2.45, 2.75) is 13.2 Å². The molecule has 116 valence electrons. The van der Waals surface area contributed by atoms with Crippen molar-refractivity contribution in [2.24, 2.45) is 0 Å². The molecule has 0 saturated heterocycles. The summed E-state index contributed by atoms with van der Waals surface area (Å²) in [6.07, 6.45) is 0. The SMILES string of the molecule is O=[N+]([O-])c1ccc(OCc2ccc(OC(F)F)cc2)c(Cl)c1. The number of benzene rings is 2. The average Bonchev–Trinajstić information content (AvgIpc) is 2.46. The number of non-ortho nitro benzene ring substituents is 1. The topological polar surface area (TPSA) is 61.6 Å². The third kappa shape index (κ3) is 4.29. The van der Waals surface area contributed by atoms with Gasteiger partial charge in [0.2, 0.25) is 0 Å². The van der Waals surface area contributed by atoms with Crippen LogP contribution in [-0.2, 0) is 6.61 Å². The standard InChI is InChI=1S/C14H10ClF2NO4/c15-12-7-10(18(19)20)3-6-13(12)21-8-9-1-4-11(5-2-9)22-14(16)17/h1-7,14H,8H2. The van der Waals surface area contributed by atoms with Gasteiger partial charge in [-0.2, -0.15) is 8.78 Å². The van der Waals surface area contributed by atoms with Crippen LogP contribution in [0.3, 0.4) is 0 Å². The Bertz CT molecular complexity index is 664. The normalized spacial score (nSPS) is 10.5. The molecule has 0 heterocycles. The van der Waals surface area contributed by atoms with Gasteiger partial charge in [0.15, 0.2) is 0 Å². The fourth-order valence-corrected chi connectivity index (χ4v) is 1.88. The van der Waals surface area contributed by atoms with Gasteiger partial charge in [-0.1, -0.05) is 23.7 Å². The van der Waals surface area contributed by atoms with Gasteiger partial charge in [-0.25, -0.2) is 0 Å². The number of rotatable bonds is 6. The lowest BCUT2D eigenvalue weighted by Crippen LogP contribution is -2.02. The van der Waals surface area contributed by atoms with Gasteiger partial charge in [0.25, 0.3) is 5.69 Å². The zero-order valence-electron chi connectivity index (χ0n) is 11.0. The van der Waals surface area contributed by atoms with Gasteiger partial charge in [0.1, 0.15) is 18.1 Å². The highest BCUT2D eigenvalue weighted by Crippen LogP contribution is 2.29. The first-order chi connectivity index (χ1) is 10.5. The summed E-state index contributed by atoms with van der Waals surface area (Å²) in [7, 11) is 0. The quantitative estimate of drug-likeness (QED) is 0.581. The molecule has 2 aromatic rings. The van der Waals surface area contributed by atoms with Crippen LogP contribution in [0.15, 0.2) is 42.5 Å². The van der Waals surface area contributed by atoms with E-state index in [4.69, 9.17) is 16.3 Å². The third-order valence-corrected chi connectivity index (χ3v) is 2.96. The monoisotopic (exact) mass is 329 g/mol. The second kappa shape index (κ2) is 7.04. The zero-order valence-corrected chi connectivity index (χ0v) is 11.8. The van der Waals surface area contributed by atoms with Gasteiger partial charge >= 0.3 is 6.61 Å². The highest BCUT2D eigenvalue weighted by Gasteiger charge is 2.10. The van der Waals surface area contributed by atoms with Crippen LogP contribution in [0, 0.1) is 10.1 Å². The van der Waals surface area contributed by atoms with E-state index in [2.05, 4.69) is 4.74 Å². The Kier molecular flexibility index (Phi) is 5.11. The molecule has 0 aliphatic rings. The number of nitrogens with zero attached hydrogens (tertiary/aromatic N) is 1. The van der Waals surface area contributed by atoms with Gasteiger partial charge in [-0.3, -0.25) is 10.1 Å². The second-order valence-corrected chi connectivity index (χ2v) is 4.59. The fourth-order valence-electron chi connectivity index (χ4n) is 1.65. The number of nitro benzene ring substituents is 1. The Hall–Kier alpha value is -2.41. The highest BCUT2D eigenvalue weighted by atomic mass is 35.5. The van der Waals surface area contributed by atoms with Crippen molar-refractivity contribution in [2.75, 3.05) is 0 Å². The third-order valence-electron chi connectivity index (χ3n) is 2.67. The van der Waals surface area contributed by atoms with Crippen LogP contribution in [0.4, 0.5) is 14.5 Å². The lowest BCUT2D eigenvalue weighted by atomic mass is 10.2. The van der Waals surface area contributed by atoms with E-state index >= 15 is 0 Å². The van der Waals surface area contributed by atoms with E-state index in [1.807, 2.05) is 0 Å². The predicted molar refractivity (Wildman–Crippen MR) is 75.5 cm³/mol. The average molecular weight is 330 g/mol. The summed E-state index contributed by atoms with van der Waals surface area (Å²) in [6, 6.07) is 9.78. The van der Waals surface area contributed by atoms with Gasteiger partial charge < -0.3 is 9.47 Å². The summed E-state index contributed by atoms with van der Waals surface area (Å²) < 4.78 is 33.7. The van der Waals surface area contributed by atoms with E-state index in [-0.39, 0.29) is 23.1 Å². The van der Waals surface area contributed by atoms with Crippen LogP contribution in [0.5, 0.6) is 11.5 Å². The number of ether oxygens (including phenoxy) is 2. The van der Waals surface area contributed by atoms with Crippen molar-refractivity contribution in [3.8, 4) is 11.5 Å². The molecule has 0 aliphatic carbocycles. The molecule has 0 saturated carbocycles. The molecule has 0 spiro atoms. The van der Waals surface area contributed by atoms with Crippen LogP contribution >= 0.6 is 11.6 Å². The maximum absolute atomic E-state index is 12.0. The molecule has 0 aromatic heterocycles. The minimum atomic E-state index is -2.87. The summed E-state index contributed by atoms with van der Waals surface area (Å²) in [5.41, 5.74) is 0.571. The molecule has 22 heavy (non-hydrogen) atoms. The van der Waals surface area contributed by atoms with E-state index in [1.165, 1.54) is 30.3 Å². The lowest BCUT2D eigenvalue weighted by molar-refractivity contribution is -0.384. The Labute approximate surface area is 129 Å². The van der Waals surface area contributed by atoms with Crippen molar-refractivity contribution in [1.82, 2.24) is 0 Å². The molecule has 0 unspecified atom stereocenters. The van der Waals surface area contributed by atoms with Crippen molar-refractivity contribution < 1.29 is 23.2 Å². The first kappa shape index (κ1) is 16.0. The summed E-state index contributed by atoms with van der Waals surface area (Å²) in [5, 5.41) is 10.7. The van der Waals surface area contributed by atoms with E-state index in [0.29, 0.717) is 11.3 Å². The molecule has 2 rings (SSSR count).